The van der Waals surface area contributed by atoms with Crippen molar-refractivity contribution >= 4 is 17.7 Å². The van der Waals surface area contributed by atoms with Gasteiger partial charge in [-0.05, 0) is 41.1 Å². The molecule has 1 N–H and O–H groups in total. The van der Waals surface area contributed by atoms with Crippen LogP contribution in [0.1, 0.15) is 15.9 Å². The fraction of sp³-hybridized carbons (Fsp3) is 0.120. The van der Waals surface area contributed by atoms with Crippen molar-refractivity contribution in [3.05, 3.63) is 84.1 Å². The highest BCUT2D eigenvalue weighted by Crippen LogP contribution is 2.35. The molecule has 9 heteroatoms. The zero-order valence-electron chi connectivity index (χ0n) is 18.5. The van der Waals surface area contributed by atoms with Crippen molar-refractivity contribution in [2.24, 2.45) is 0 Å². The molecule has 0 atom stereocenters. The van der Waals surface area contributed by atoms with Crippen LogP contribution in [0.2, 0.25) is 0 Å². The van der Waals surface area contributed by atoms with E-state index in [1.165, 1.54) is 20.3 Å². The number of rotatable bonds is 9. The molecule has 2 aromatic carbocycles. The Morgan fingerprint density at radius 3 is 2.24 bits per heavy atom. The second kappa shape index (κ2) is 10.7. The molecular formula is C25H21N3O5S. The van der Waals surface area contributed by atoms with Gasteiger partial charge in [-0.2, -0.15) is 9.97 Å². The lowest BCUT2D eigenvalue weighted by Crippen LogP contribution is -2.05. The summed E-state index contributed by atoms with van der Waals surface area (Å²) in [5.41, 5.74) is 2.36. The minimum absolute atomic E-state index is 0.0517. The number of carboxylic acid groups (broad SMARTS) is 1. The molecule has 2 aromatic heterocycles. The van der Waals surface area contributed by atoms with Crippen molar-refractivity contribution in [2.75, 3.05) is 14.2 Å². The summed E-state index contributed by atoms with van der Waals surface area (Å²) in [6.07, 6.45) is 1.56. The van der Waals surface area contributed by atoms with Crippen molar-refractivity contribution in [3.8, 4) is 28.6 Å². The average molecular weight is 476 g/mol. The summed E-state index contributed by atoms with van der Waals surface area (Å²) in [5.74, 6) is 0.178. The molecule has 8 nitrogen and oxygen atoms in total. The Balaban J connectivity index is 1.61. The molecule has 2 heterocycles. The number of carboxylic acids is 1. The van der Waals surface area contributed by atoms with Gasteiger partial charge in [-0.25, -0.2) is 9.78 Å². The fourth-order valence-electron chi connectivity index (χ4n) is 3.16. The molecule has 0 bridgehead atoms. The van der Waals surface area contributed by atoms with Gasteiger partial charge in [0.05, 0.1) is 25.8 Å². The molecule has 0 saturated heterocycles. The molecule has 0 aliphatic heterocycles. The van der Waals surface area contributed by atoms with Crippen LogP contribution in [0.15, 0.2) is 83.1 Å². The van der Waals surface area contributed by atoms with Crippen LogP contribution in [0, 0.1) is 0 Å². The molecule has 0 amide bonds. The first-order chi connectivity index (χ1) is 16.6. The van der Waals surface area contributed by atoms with Crippen LogP contribution in [-0.2, 0) is 6.61 Å². The summed E-state index contributed by atoms with van der Waals surface area (Å²) >= 11 is 1.02. The average Bonchev–Trinajstić information content (AvgIpc) is 2.87. The highest BCUT2D eigenvalue weighted by atomic mass is 32.2. The maximum Gasteiger partial charge on any atom is 0.339 e. The van der Waals surface area contributed by atoms with Crippen LogP contribution >= 0.6 is 11.8 Å². The molecule has 4 rings (SSSR count). The number of pyridine rings is 1. The summed E-state index contributed by atoms with van der Waals surface area (Å²) < 4.78 is 16.2. The van der Waals surface area contributed by atoms with E-state index in [0.717, 1.165) is 22.9 Å². The summed E-state index contributed by atoms with van der Waals surface area (Å²) in [6.45, 7) is 0.445. The van der Waals surface area contributed by atoms with Crippen LogP contribution < -0.4 is 14.2 Å². The van der Waals surface area contributed by atoms with E-state index in [0.29, 0.717) is 29.7 Å². The van der Waals surface area contributed by atoms with Crippen molar-refractivity contribution in [1.29, 1.82) is 0 Å². The van der Waals surface area contributed by atoms with Gasteiger partial charge in [0.1, 0.15) is 17.4 Å². The largest absolute Gasteiger partial charge is 0.489 e. The first-order valence-corrected chi connectivity index (χ1v) is 11.0. The molecule has 0 aliphatic rings. The standard InChI is InChI=1S/C25H21N3O5S/c1-31-20-14-21(32-2)28-25(27-20)34-23-22(24(29)30)19(12-13-26-23)17-8-10-18(11-9-17)33-15-16-6-4-3-5-7-16/h3-14H,15H2,1-2H3,(H,29,30). The summed E-state index contributed by atoms with van der Waals surface area (Å²) in [7, 11) is 2.95. The number of ether oxygens (including phenoxy) is 3. The van der Waals surface area contributed by atoms with Gasteiger partial charge >= 0.3 is 5.97 Å². The molecule has 0 radical (unpaired) electrons. The lowest BCUT2D eigenvalue weighted by atomic mass is 10.0. The number of hydrogen-bond donors (Lipinski definition) is 1. The van der Waals surface area contributed by atoms with Crippen LogP contribution in [-0.4, -0.2) is 40.2 Å². The van der Waals surface area contributed by atoms with Gasteiger partial charge in [0, 0.05) is 11.8 Å². The Morgan fingerprint density at radius 2 is 1.62 bits per heavy atom. The van der Waals surface area contributed by atoms with Crippen molar-refractivity contribution in [3.63, 3.8) is 0 Å². The second-order valence-electron chi connectivity index (χ2n) is 6.98. The van der Waals surface area contributed by atoms with Gasteiger partial charge in [-0.3, -0.25) is 0 Å². The van der Waals surface area contributed by atoms with E-state index in [-0.39, 0.29) is 15.7 Å². The fourth-order valence-corrected chi connectivity index (χ4v) is 4.02. The van der Waals surface area contributed by atoms with Crippen LogP contribution in [0.25, 0.3) is 11.1 Å². The third kappa shape index (κ3) is 5.44. The van der Waals surface area contributed by atoms with Gasteiger partial charge in [0.15, 0.2) is 0 Å². The Morgan fingerprint density at radius 1 is 0.941 bits per heavy atom. The van der Waals surface area contributed by atoms with Crippen LogP contribution in [0.5, 0.6) is 17.5 Å². The summed E-state index contributed by atoms with van der Waals surface area (Å²) in [6, 6.07) is 20.3. The quantitative estimate of drug-likeness (QED) is 0.335. The lowest BCUT2D eigenvalue weighted by molar-refractivity contribution is 0.0693. The Labute approximate surface area is 200 Å². The monoisotopic (exact) mass is 475 g/mol. The smallest absolute Gasteiger partial charge is 0.339 e. The molecule has 0 saturated carbocycles. The van der Waals surface area contributed by atoms with E-state index in [2.05, 4.69) is 15.0 Å². The highest BCUT2D eigenvalue weighted by molar-refractivity contribution is 7.99. The van der Waals surface area contributed by atoms with Gasteiger partial charge in [0.2, 0.25) is 16.9 Å². The molecule has 4 aromatic rings. The van der Waals surface area contributed by atoms with E-state index in [1.54, 1.807) is 12.3 Å². The van der Waals surface area contributed by atoms with Gasteiger partial charge in [-0.15, -0.1) is 0 Å². The summed E-state index contributed by atoms with van der Waals surface area (Å²) in [5, 5.41) is 10.5. The van der Waals surface area contributed by atoms with Gasteiger partial charge in [0.25, 0.3) is 0 Å². The number of nitrogens with zero attached hydrogens (tertiary/aromatic N) is 3. The van der Waals surface area contributed by atoms with E-state index < -0.39 is 5.97 Å². The zero-order chi connectivity index (χ0) is 23.9. The highest BCUT2D eigenvalue weighted by Gasteiger charge is 2.20. The predicted molar refractivity (Wildman–Crippen MR) is 127 cm³/mol. The topological polar surface area (TPSA) is 104 Å². The van der Waals surface area contributed by atoms with Crippen molar-refractivity contribution in [2.45, 2.75) is 16.8 Å². The number of benzene rings is 2. The normalized spacial score (nSPS) is 10.5. The van der Waals surface area contributed by atoms with Gasteiger partial charge < -0.3 is 19.3 Å². The molecular weight excluding hydrogens is 454 g/mol. The van der Waals surface area contributed by atoms with Crippen molar-refractivity contribution < 1.29 is 24.1 Å². The molecule has 0 spiro atoms. The Hall–Kier alpha value is -4.11. The van der Waals surface area contributed by atoms with E-state index in [1.807, 2.05) is 54.6 Å². The van der Waals surface area contributed by atoms with E-state index in [4.69, 9.17) is 14.2 Å². The maximum absolute atomic E-state index is 12.2. The molecule has 0 fully saturated rings. The van der Waals surface area contributed by atoms with E-state index >= 15 is 0 Å². The lowest BCUT2D eigenvalue weighted by Gasteiger charge is -2.12. The van der Waals surface area contributed by atoms with Gasteiger partial charge in [-0.1, -0.05) is 42.5 Å². The van der Waals surface area contributed by atoms with Crippen molar-refractivity contribution in [1.82, 2.24) is 15.0 Å². The number of aromatic carboxylic acids is 1. The van der Waals surface area contributed by atoms with E-state index in [9.17, 15) is 9.90 Å². The third-order valence-corrected chi connectivity index (χ3v) is 5.68. The van der Waals surface area contributed by atoms with Crippen LogP contribution in [0.3, 0.4) is 0 Å². The predicted octanol–water partition coefficient (Wildman–Crippen LogP) is 4.98. The van der Waals surface area contributed by atoms with Crippen LogP contribution in [0.4, 0.5) is 0 Å². The minimum Gasteiger partial charge on any atom is -0.489 e. The molecule has 172 valence electrons. The maximum atomic E-state index is 12.2. The first-order valence-electron chi connectivity index (χ1n) is 10.2. The summed E-state index contributed by atoms with van der Waals surface area (Å²) in [4.78, 5) is 25.0. The number of aromatic nitrogens is 3. The number of hydrogen-bond acceptors (Lipinski definition) is 8. The zero-order valence-corrected chi connectivity index (χ0v) is 19.3. The second-order valence-corrected chi connectivity index (χ2v) is 7.94. The molecule has 0 unspecified atom stereocenters. The number of carbonyl (C=O) groups is 1. The Kier molecular flexibility index (Phi) is 7.24. The SMILES string of the molecule is COc1cc(OC)nc(Sc2nccc(-c3ccc(OCc4ccccc4)cc3)c2C(=O)O)n1. The number of methoxy groups -OCH3 is 2. The molecule has 34 heavy (non-hydrogen) atoms. The third-order valence-electron chi connectivity index (χ3n) is 4.81. The Bertz CT molecular complexity index is 1260. The first kappa shape index (κ1) is 23.1. The molecule has 0 aliphatic carbocycles. The minimum atomic E-state index is -1.11.